The first kappa shape index (κ1) is 15.3. The van der Waals surface area contributed by atoms with Gasteiger partial charge in [0.1, 0.15) is 0 Å². The molecule has 0 aliphatic heterocycles. The highest BCUT2D eigenvalue weighted by Crippen LogP contribution is 2.25. The molecular formula is C18H22BrN. The van der Waals surface area contributed by atoms with Crippen LogP contribution in [0.3, 0.4) is 0 Å². The number of rotatable bonds is 5. The van der Waals surface area contributed by atoms with E-state index < -0.39 is 0 Å². The predicted octanol–water partition coefficient (Wildman–Crippen LogP) is 5.42. The Balaban J connectivity index is 2.06. The molecule has 2 aromatic carbocycles. The maximum Gasteiger partial charge on any atom is 0.0308 e. The molecule has 2 rings (SSSR count). The van der Waals surface area contributed by atoms with Crippen LogP contribution in [0.5, 0.6) is 0 Å². The Morgan fingerprint density at radius 3 is 2.20 bits per heavy atom. The van der Waals surface area contributed by atoms with Crippen molar-refractivity contribution in [2.45, 2.75) is 39.3 Å². The van der Waals surface area contributed by atoms with Crippen LogP contribution >= 0.6 is 15.9 Å². The van der Waals surface area contributed by atoms with E-state index in [9.17, 15) is 0 Å². The van der Waals surface area contributed by atoms with Crippen LogP contribution in [0, 0.1) is 0 Å². The van der Waals surface area contributed by atoms with Gasteiger partial charge < -0.3 is 5.32 Å². The molecule has 20 heavy (non-hydrogen) atoms. The Hall–Kier alpha value is -1.12. The van der Waals surface area contributed by atoms with E-state index in [2.05, 4.69) is 84.5 Å². The summed E-state index contributed by atoms with van der Waals surface area (Å²) in [6, 6.07) is 17.9. The fourth-order valence-electron chi connectivity index (χ4n) is 2.43. The van der Waals surface area contributed by atoms with Gasteiger partial charge in [-0.15, -0.1) is 0 Å². The fourth-order valence-corrected chi connectivity index (χ4v) is 3.06. The highest BCUT2D eigenvalue weighted by molar-refractivity contribution is 9.10. The monoisotopic (exact) mass is 331 g/mol. The van der Waals surface area contributed by atoms with E-state index in [0.29, 0.717) is 12.1 Å². The number of nitrogens with one attached hydrogen (secondary N) is 1. The van der Waals surface area contributed by atoms with Crippen molar-refractivity contribution in [2.75, 3.05) is 0 Å². The minimum absolute atomic E-state index is 0.312. The number of benzene rings is 2. The second-order valence-electron chi connectivity index (χ2n) is 5.23. The quantitative estimate of drug-likeness (QED) is 0.770. The molecule has 0 radical (unpaired) electrons. The van der Waals surface area contributed by atoms with E-state index in [0.717, 1.165) is 10.9 Å². The first-order valence-electron chi connectivity index (χ1n) is 7.21. The third kappa shape index (κ3) is 3.71. The van der Waals surface area contributed by atoms with Crippen LogP contribution in [0.4, 0.5) is 0 Å². The van der Waals surface area contributed by atoms with Gasteiger partial charge in [-0.25, -0.2) is 0 Å². The van der Waals surface area contributed by atoms with Crippen molar-refractivity contribution >= 4 is 15.9 Å². The topological polar surface area (TPSA) is 12.0 Å². The molecule has 0 bridgehead atoms. The van der Waals surface area contributed by atoms with Crippen LogP contribution in [-0.2, 0) is 6.42 Å². The number of hydrogen-bond donors (Lipinski definition) is 1. The molecule has 0 saturated heterocycles. The average molecular weight is 332 g/mol. The molecule has 106 valence electrons. The summed E-state index contributed by atoms with van der Waals surface area (Å²) >= 11 is 3.62. The van der Waals surface area contributed by atoms with Gasteiger partial charge in [-0.2, -0.15) is 0 Å². The summed E-state index contributed by atoms with van der Waals surface area (Å²) in [7, 11) is 0. The Kier molecular flexibility index (Phi) is 5.38. The number of halogens is 1. The third-order valence-electron chi connectivity index (χ3n) is 3.76. The number of hydrogen-bond acceptors (Lipinski definition) is 1. The van der Waals surface area contributed by atoms with Crippen molar-refractivity contribution in [1.29, 1.82) is 0 Å². The summed E-state index contributed by atoms with van der Waals surface area (Å²) < 4.78 is 1.16. The summed E-state index contributed by atoms with van der Waals surface area (Å²) in [6.07, 6.45) is 1.09. The molecule has 0 aliphatic carbocycles. The van der Waals surface area contributed by atoms with Gasteiger partial charge in [0, 0.05) is 16.6 Å². The van der Waals surface area contributed by atoms with Gasteiger partial charge in [-0.3, -0.25) is 0 Å². The molecule has 0 aromatic heterocycles. The second kappa shape index (κ2) is 7.05. The van der Waals surface area contributed by atoms with Gasteiger partial charge in [0.25, 0.3) is 0 Å². The van der Waals surface area contributed by atoms with Crippen LogP contribution in [0.25, 0.3) is 0 Å². The Bertz CT molecular complexity index is 548. The zero-order valence-corrected chi connectivity index (χ0v) is 13.9. The van der Waals surface area contributed by atoms with Crippen molar-refractivity contribution < 1.29 is 0 Å². The lowest BCUT2D eigenvalue weighted by Crippen LogP contribution is -2.22. The number of aryl methyl sites for hydroxylation is 1. The molecule has 0 spiro atoms. The zero-order valence-electron chi connectivity index (χ0n) is 12.4. The Labute approximate surface area is 130 Å². The minimum atomic E-state index is 0.312. The normalized spacial score (nSPS) is 14.0. The third-order valence-corrected chi connectivity index (χ3v) is 4.48. The van der Waals surface area contributed by atoms with Gasteiger partial charge in [0.2, 0.25) is 0 Å². The lowest BCUT2D eigenvalue weighted by atomic mass is 10.0. The van der Waals surface area contributed by atoms with E-state index in [1.807, 2.05) is 6.07 Å². The standard InChI is InChI=1S/C18H22BrN/c1-4-15-9-11-16(12-10-15)13(2)20-14(3)17-7-5-6-8-18(17)19/h5-14,20H,4H2,1-3H3/t13?,14-/m0/s1. The van der Waals surface area contributed by atoms with E-state index in [1.54, 1.807) is 0 Å². The molecule has 1 nitrogen and oxygen atoms in total. The molecule has 1 N–H and O–H groups in total. The second-order valence-corrected chi connectivity index (χ2v) is 6.08. The van der Waals surface area contributed by atoms with Crippen molar-refractivity contribution in [3.05, 3.63) is 69.7 Å². The molecule has 2 heteroatoms. The summed E-state index contributed by atoms with van der Waals surface area (Å²) in [4.78, 5) is 0. The van der Waals surface area contributed by atoms with E-state index in [1.165, 1.54) is 16.7 Å². The van der Waals surface area contributed by atoms with Crippen LogP contribution in [0.2, 0.25) is 0 Å². The van der Waals surface area contributed by atoms with Crippen LogP contribution in [0.15, 0.2) is 53.0 Å². The van der Waals surface area contributed by atoms with Crippen molar-refractivity contribution in [1.82, 2.24) is 5.32 Å². The molecule has 0 saturated carbocycles. The molecule has 2 atom stereocenters. The van der Waals surface area contributed by atoms with Gasteiger partial charge in [0.05, 0.1) is 0 Å². The Morgan fingerprint density at radius 1 is 0.950 bits per heavy atom. The van der Waals surface area contributed by atoms with Gasteiger partial charge in [-0.1, -0.05) is 65.3 Å². The molecular weight excluding hydrogens is 310 g/mol. The summed E-state index contributed by atoms with van der Waals surface area (Å²) in [6.45, 7) is 6.61. The molecule has 0 aliphatic rings. The zero-order chi connectivity index (χ0) is 14.5. The smallest absolute Gasteiger partial charge is 0.0308 e. The average Bonchev–Trinajstić information content (AvgIpc) is 2.47. The fraction of sp³-hybridized carbons (Fsp3) is 0.333. The molecule has 0 amide bonds. The van der Waals surface area contributed by atoms with Crippen LogP contribution in [-0.4, -0.2) is 0 Å². The molecule has 0 heterocycles. The highest BCUT2D eigenvalue weighted by Gasteiger charge is 2.12. The first-order chi connectivity index (χ1) is 9.61. The Morgan fingerprint density at radius 2 is 1.60 bits per heavy atom. The van der Waals surface area contributed by atoms with Gasteiger partial charge in [-0.05, 0) is 43.0 Å². The predicted molar refractivity (Wildman–Crippen MR) is 89.9 cm³/mol. The maximum absolute atomic E-state index is 3.66. The van der Waals surface area contributed by atoms with Crippen molar-refractivity contribution in [3.63, 3.8) is 0 Å². The SMILES string of the molecule is CCc1ccc(C(C)N[C@@H](C)c2ccccc2Br)cc1. The summed E-state index contributed by atoms with van der Waals surface area (Å²) in [5.41, 5.74) is 4.02. The van der Waals surface area contributed by atoms with Crippen molar-refractivity contribution in [2.24, 2.45) is 0 Å². The molecule has 2 aromatic rings. The molecule has 0 fully saturated rings. The molecule has 1 unspecified atom stereocenters. The summed E-state index contributed by atoms with van der Waals surface area (Å²) in [5, 5.41) is 3.66. The lowest BCUT2D eigenvalue weighted by molar-refractivity contribution is 0.493. The van der Waals surface area contributed by atoms with Crippen LogP contribution < -0.4 is 5.32 Å². The van der Waals surface area contributed by atoms with E-state index in [4.69, 9.17) is 0 Å². The maximum atomic E-state index is 3.66. The van der Waals surface area contributed by atoms with E-state index >= 15 is 0 Å². The van der Waals surface area contributed by atoms with Crippen molar-refractivity contribution in [3.8, 4) is 0 Å². The van der Waals surface area contributed by atoms with Crippen LogP contribution in [0.1, 0.15) is 49.5 Å². The minimum Gasteiger partial charge on any atom is -0.304 e. The largest absolute Gasteiger partial charge is 0.304 e. The van der Waals surface area contributed by atoms with E-state index in [-0.39, 0.29) is 0 Å². The highest BCUT2D eigenvalue weighted by atomic mass is 79.9. The van der Waals surface area contributed by atoms with Gasteiger partial charge >= 0.3 is 0 Å². The summed E-state index contributed by atoms with van der Waals surface area (Å²) in [5.74, 6) is 0. The lowest BCUT2D eigenvalue weighted by Gasteiger charge is -2.22. The van der Waals surface area contributed by atoms with Gasteiger partial charge in [0.15, 0.2) is 0 Å². The first-order valence-corrected chi connectivity index (χ1v) is 8.00.